The number of nitrogens with zero attached hydrogens (tertiary/aromatic N) is 2. The molecule has 0 fully saturated rings. The number of aliphatic hydroxyl groups is 1. The highest BCUT2D eigenvalue weighted by Gasteiger charge is 2.07. The summed E-state index contributed by atoms with van der Waals surface area (Å²) in [5.74, 6) is 1.81. The third-order valence-electron chi connectivity index (χ3n) is 4.00. The van der Waals surface area contributed by atoms with Crippen molar-refractivity contribution in [3.05, 3.63) is 39.9 Å². The van der Waals surface area contributed by atoms with Gasteiger partial charge in [0.25, 0.3) is 5.56 Å². The number of aryl methyl sites for hydroxylation is 1. The second kappa shape index (κ2) is 7.87. The van der Waals surface area contributed by atoms with Crippen LogP contribution in [0, 0.1) is 19.8 Å². The quantitative estimate of drug-likeness (QED) is 0.729. The summed E-state index contributed by atoms with van der Waals surface area (Å²) in [4.78, 5) is 23.3. The fourth-order valence-corrected chi connectivity index (χ4v) is 2.23. The van der Waals surface area contributed by atoms with Crippen LogP contribution in [0.3, 0.4) is 0 Å². The maximum atomic E-state index is 11.8. The van der Waals surface area contributed by atoms with E-state index in [9.17, 15) is 4.79 Å². The molecular formula is C17H24N4O2. The summed E-state index contributed by atoms with van der Waals surface area (Å²) in [6, 6.07) is 3.76. The standard InChI is InChI=1S/C17H24N4O2/c1-11(7-9-22)6-8-18-15-5-4-14(10-19-15)16-20-13(3)12(2)17(23)21-16/h4-5,10-11,22H,6-9H2,1-3H3,(H,18,19)(H,20,21,23). The largest absolute Gasteiger partial charge is 0.396 e. The molecule has 2 heterocycles. The lowest BCUT2D eigenvalue weighted by Gasteiger charge is -2.11. The van der Waals surface area contributed by atoms with Gasteiger partial charge in [0, 0.05) is 36.2 Å². The summed E-state index contributed by atoms with van der Waals surface area (Å²) in [5, 5.41) is 12.1. The molecule has 1 atom stereocenters. The highest BCUT2D eigenvalue weighted by molar-refractivity contribution is 5.56. The first kappa shape index (κ1) is 17.1. The van der Waals surface area contributed by atoms with Gasteiger partial charge in [0.15, 0.2) is 0 Å². The number of hydrogen-bond donors (Lipinski definition) is 3. The van der Waals surface area contributed by atoms with Crippen molar-refractivity contribution in [3.8, 4) is 11.4 Å². The predicted molar refractivity (Wildman–Crippen MR) is 91.5 cm³/mol. The maximum absolute atomic E-state index is 11.8. The van der Waals surface area contributed by atoms with Gasteiger partial charge in [0.1, 0.15) is 11.6 Å². The number of rotatable bonds is 7. The third kappa shape index (κ3) is 4.63. The van der Waals surface area contributed by atoms with E-state index in [0.717, 1.165) is 36.5 Å². The van der Waals surface area contributed by atoms with Gasteiger partial charge in [0.2, 0.25) is 0 Å². The van der Waals surface area contributed by atoms with Crippen LogP contribution in [-0.4, -0.2) is 33.2 Å². The monoisotopic (exact) mass is 316 g/mol. The number of H-pyrrole nitrogens is 1. The molecule has 0 aliphatic carbocycles. The molecule has 124 valence electrons. The molecule has 2 aromatic heterocycles. The molecule has 2 aromatic rings. The molecule has 6 nitrogen and oxygen atoms in total. The van der Waals surface area contributed by atoms with Crippen LogP contribution >= 0.6 is 0 Å². The second-order valence-corrected chi connectivity index (χ2v) is 5.89. The van der Waals surface area contributed by atoms with E-state index in [2.05, 4.69) is 27.2 Å². The Labute approximate surface area is 136 Å². The smallest absolute Gasteiger partial charge is 0.254 e. The number of pyridine rings is 1. The fourth-order valence-electron chi connectivity index (χ4n) is 2.23. The van der Waals surface area contributed by atoms with Crippen molar-refractivity contribution in [1.82, 2.24) is 15.0 Å². The van der Waals surface area contributed by atoms with Crippen molar-refractivity contribution in [2.24, 2.45) is 5.92 Å². The Morgan fingerprint density at radius 3 is 2.70 bits per heavy atom. The first-order valence-corrected chi connectivity index (χ1v) is 7.90. The van der Waals surface area contributed by atoms with Gasteiger partial charge < -0.3 is 15.4 Å². The molecule has 0 bridgehead atoms. The Morgan fingerprint density at radius 2 is 2.09 bits per heavy atom. The van der Waals surface area contributed by atoms with Crippen LogP contribution in [-0.2, 0) is 0 Å². The van der Waals surface area contributed by atoms with Crippen molar-refractivity contribution < 1.29 is 5.11 Å². The average Bonchev–Trinajstić information content (AvgIpc) is 2.53. The molecule has 0 aliphatic rings. The van der Waals surface area contributed by atoms with Gasteiger partial charge in [-0.05, 0) is 44.7 Å². The molecule has 0 aliphatic heterocycles. The number of anilines is 1. The predicted octanol–water partition coefficient (Wildman–Crippen LogP) is 2.27. The minimum Gasteiger partial charge on any atom is -0.396 e. The molecule has 0 radical (unpaired) electrons. The summed E-state index contributed by atoms with van der Waals surface area (Å²) in [5.41, 5.74) is 2.03. The zero-order valence-corrected chi connectivity index (χ0v) is 13.9. The first-order chi connectivity index (χ1) is 11.0. The van der Waals surface area contributed by atoms with Crippen LogP contribution in [0.15, 0.2) is 23.1 Å². The molecule has 0 amide bonds. The zero-order chi connectivity index (χ0) is 16.8. The molecular weight excluding hydrogens is 292 g/mol. The van der Waals surface area contributed by atoms with Crippen LogP contribution in [0.5, 0.6) is 0 Å². The topological polar surface area (TPSA) is 90.9 Å². The highest BCUT2D eigenvalue weighted by atomic mass is 16.3. The van der Waals surface area contributed by atoms with Crippen molar-refractivity contribution >= 4 is 5.82 Å². The lowest BCUT2D eigenvalue weighted by atomic mass is 10.1. The second-order valence-electron chi connectivity index (χ2n) is 5.89. The van der Waals surface area contributed by atoms with Gasteiger partial charge in [-0.25, -0.2) is 9.97 Å². The number of nitrogens with one attached hydrogen (secondary N) is 2. The van der Waals surface area contributed by atoms with Crippen molar-refractivity contribution in [3.63, 3.8) is 0 Å². The van der Waals surface area contributed by atoms with Crippen LogP contribution in [0.25, 0.3) is 11.4 Å². The van der Waals surface area contributed by atoms with Gasteiger partial charge in [-0.1, -0.05) is 6.92 Å². The minimum atomic E-state index is -0.118. The Balaban J connectivity index is 2.01. The van der Waals surface area contributed by atoms with Crippen molar-refractivity contribution in [1.29, 1.82) is 0 Å². The Bertz CT molecular complexity index is 695. The van der Waals surface area contributed by atoms with E-state index in [1.807, 2.05) is 19.1 Å². The van der Waals surface area contributed by atoms with Crippen LogP contribution in [0.4, 0.5) is 5.82 Å². The zero-order valence-electron chi connectivity index (χ0n) is 13.9. The van der Waals surface area contributed by atoms with E-state index in [0.29, 0.717) is 17.3 Å². The van der Waals surface area contributed by atoms with E-state index >= 15 is 0 Å². The molecule has 23 heavy (non-hydrogen) atoms. The Hall–Kier alpha value is -2.21. The SMILES string of the molecule is Cc1nc(-c2ccc(NCCC(C)CCO)nc2)[nH]c(=O)c1C. The van der Waals surface area contributed by atoms with E-state index in [4.69, 9.17) is 5.11 Å². The summed E-state index contributed by atoms with van der Waals surface area (Å²) in [6.45, 7) is 6.75. The van der Waals surface area contributed by atoms with Gasteiger partial charge >= 0.3 is 0 Å². The Morgan fingerprint density at radius 1 is 1.30 bits per heavy atom. The number of aliphatic hydroxyl groups excluding tert-OH is 1. The summed E-state index contributed by atoms with van der Waals surface area (Å²) in [7, 11) is 0. The van der Waals surface area contributed by atoms with Crippen LogP contribution in [0.2, 0.25) is 0 Å². The molecule has 0 saturated heterocycles. The summed E-state index contributed by atoms with van der Waals surface area (Å²) in [6.07, 6.45) is 3.50. The molecule has 3 N–H and O–H groups in total. The third-order valence-corrected chi connectivity index (χ3v) is 4.00. The lowest BCUT2D eigenvalue weighted by Crippen LogP contribution is -2.14. The molecule has 0 spiro atoms. The number of hydrogen-bond acceptors (Lipinski definition) is 5. The van der Waals surface area contributed by atoms with Gasteiger partial charge in [0.05, 0.1) is 0 Å². The van der Waals surface area contributed by atoms with E-state index in [1.165, 1.54) is 0 Å². The van der Waals surface area contributed by atoms with Crippen molar-refractivity contribution in [2.45, 2.75) is 33.6 Å². The van der Waals surface area contributed by atoms with E-state index in [1.54, 1.807) is 13.1 Å². The maximum Gasteiger partial charge on any atom is 0.254 e. The first-order valence-electron chi connectivity index (χ1n) is 7.90. The van der Waals surface area contributed by atoms with Crippen LogP contribution < -0.4 is 10.9 Å². The number of aromatic nitrogens is 3. The molecule has 0 aromatic carbocycles. The fraction of sp³-hybridized carbons (Fsp3) is 0.471. The minimum absolute atomic E-state index is 0.118. The molecule has 1 unspecified atom stereocenters. The van der Waals surface area contributed by atoms with Gasteiger partial charge in [-0.2, -0.15) is 0 Å². The van der Waals surface area contributed by atoms with E-state index in [-0.39, 0.29) is 12.2 Å². The number of aromatic amines is 1. The lowest BCUT2D eigenvalue weighted by molar-refractivity contribution is 0.260. The molecule has 2 rings (SSSR count). The van der Waals surface area contributed by atoms with E-state index < -0.39 is 0 Å². The van der Waals surface area contributed by atoms with Crippen molar-refractivity contribution in [2.75, 3.05) is 18.5 Å². The van der Waals surface area contributed by atoms with Crippen LogP contribution in [0.1, 0.15) is 31.0 Å². The summed E-state index contributed by atoms with van der Waals surface area (Å²) < 4.78 is 0. The normalized spacial score (nSPS) is 12.2. The molecule has 6 heteroatoms. The van der Waals surface area contributed by atoms with Gasteiger partial charge in [-0.3, -0.25) is 4.79 Å². The highest BCUT2D eigenvalue weighted by Crippen LogP contribution is 2.16. The summed E-state index contributed by atoms with van der Waals surface area (Å²) >= 11 is 0. The Kier molecular flexibility index (Phi) is 5.87. The van der Waals surface area contributed by atoms with Gasteiger partial charge in [-0.15, -0.1) is 0 Å². The molecule has 0 saturated carbocycles. The average molecular weight is 316 g/mol.